The van der Waals surface area contributed by atoms with Gasteiger partial charge in [0.15, 0.2) is 11.6 Å². The maximum atomic E-state index is 14.0. The first-order chi connectivity index (χ1) is 21.7. The Balaban J connectivity index is 1.30. The van der Waals surface area contributed by atoms with Crippen molar-refractivity contribution in [3.8, 4) is 17.6 Å². The molecular weight excluding hydrogens is 587 g/mol. The molecule has 0 saturated carbocycles. The van der Waals surface area contributed by atoms with Crippen LogP contribution in [0.15, 0.2) is 36.5 Å². The summed E-state index contributed by atoms with van der Waals surface area (Å²) >= 11 is 0. The van der Waals surface area contributed by atoms with Gasteiger partial charge in [0.25, 0.3) is 0 Å². The molecule has 1 aromatic heterocycles. The van der Waals surface area contributed by atoms with Gasteiger partial charge in [0.05, 0.1) is 50.5 Å². The van der Waals surface area contributed by atoms with E-state index in [4.69, 9.17) is 9.47 Å². The van der Waals surface area contributed by atoms with Crippen LogP contribution in [0.5, 0.6) is 5.75 Å². The van der Waals surface area contributed by atoms with Crippen LogP contribution in [0.25, 0.3) is 10.9 Å². The molecule has 240 valence electrons. The van der Waals surface area contributed by atoms with Gasteiger partial charge in [-0.1, -0.05) is 11.8 Å². The Kier molecular flexibility index (Phi) is 10.6. The third-order valence-corrected chi connectivity index (χ3v) is 8.94. The van der Waals surface area contributed by atoms with Gasteiger partial charge in [0.1, 0.15) is 11.6 Å². The molecule has 0 radical (unpaired) electrons. The molecule has 5 rings (SSSR count). The molecule has 2 fully saturated rings. The number of carbonyl (C=O) groups is 1. The lowest BCUT2D eigenvalue weighted by molar-refractivity contribution is -0.141. The number of nitrogens with zero attached hydrogens (tertiary/aromatic N) is 3. The number of pyridine rings is 1. The first-order valence-electron chi connectivity index (χ1n) is 15.2. The van der Waals surface area contributed by atoms with Crippen molar-refractivity contribution >= 4 is 16.9 Å². The van der Waals surface area contributed by atoms with Crippen LogP contribution in [0.4, 0.5) is 13.2 Å². The molecule has 2 aromatic carbocycles. The zero-order chi connectivity index (χ0) is 32.0. The molecule has 2 aliphatic rings. The quantitative estimate of drug-likeness (QED) is 0.243. The number of halogens is 3. The van der Waals surface area contributed by atoms with Crippen LogP contribution in [0.2, 0.25) is 0 Å². The van der Waals surface area contributed by atoms with E-state index >= 15 is 0 Å². The van der Waals surface area contributed by atoms with Gasteiger partial charge in [0, 0.05) is 37.3 Å². The van der Waals surface area contributed by atoms with Crippen LogP contribution in [-0.2, 0) is 16.1 Å². The number of likely N-dealkylation sites (tertiary alicyclic amines) is 1. The monoisotopic (exact) mass is 625 g/mol. The van der Waals surface area contributed by atoms with Crippen molar-refractivity contribution in [2.75, 3.05) is 53.0 Å². The number of methoxy groups -OCH3 is 1. The number of aliphatic carboxylic acids is 1. The largest absolute Gasteiger partial charge is 0.497 e. The molecule has 0 amide bonds. The molecule has 3 heterocycles. The SMILES string of the molecule is COc1ccc2ncc(CN3CCOCC3)c([C@@H](O)CCC3(CC(=O)O)CCN(CC#Cc4cc(F)cc(F)c4F)CC3)c2c1. The summed E-state index contributed by atoms with van der Waals surface area (Å²) in [5.74, 6) is 1.69. The predicted molar refractivity (Wildman–Crippen MR) is 162 cm³/mol. The fourth-order valence-corrected chi connectivity index (χ4v) is 6.38. The number of aliphatic hydroxyl groups is 1. The molecule has 2 saturated heterocycles. The fraction of sp³-hybridized carbons (Fsp3) is 0.471. The Hall–Kier alpha value is -3.69. The number of aliphatic hydroxyl groups excluding tert-OH is 1. The number of benzene rings is 2. The Morgan fingerprint density at radius 2 is 1.87 bits per heavy atom. The van der Waals surface area contributed by atoms with E-state index in [-0.39, 0.29) is 18.5 Å². The van der Waals surface area contributed by atoms with Crippen molar-refractivity contribution in [2.24, 2.45) is 5.41 Å². The van der Waals surface area contributed by atoms with E-state index in [0.717, 1.165) is 41.2 Å². The second-order valence-corrected chi connectivity index (χ2v) is 11.9. The molecule has 0 aliphatic carbocycles. The number of hydrogen-bond acceptors (Lipinski definition) is 7. The summed E-state index contributed by atoms with van der Waals surface area (Å²) in [6.45, 7) is 4.81. The summed E-state index contributed by atoms with van der Waals surface area (Å²) in [4.78, 5) is 20.9. The van der Waals surface area contributed by atoms with Gasteiger partial charge in [-0.3, -0.25) is 19.6 Å². The highest BCUT2D eigenvalue weighted by atomic mass is 19.2. The molecule has 1 atom stereocenters. The summed E-state index contributed by atoms with van der Waals surface area (Å²) < 4.78 is 51.9. The lowest BCUT2D eigenvalue weighted by Crippen LogP contribution is -2.41. The third-order valence-electron chi connectivity index (χ3n) is 8.94. The second-order valence-electron chi connectivity index (χ2n) is 11.9. The van der Waals surface area contributed by atoms with E-state index in [1.165, 1.54) is 0 Å². The number of piperidine rings is 1. The average Bonchev–Trinajstić information content (AvgIpc) is 3.03. The highest BCUT2D eigenvalue weighted by Gasteiger charge is 2.37. The van der Waals surface area contributed by atoms with E-state index in [0.29, 0.717) is 70.3 Å². The summed E-state index contributed by atoms with van der Waals surface area (Å²) in [5.41, 5.74) is 1.57. The average molecular weight is 626 g/mol. The van der Waals surface area contributed by atoms with Gasteiger partial charge in [-0.05, 0) is 79.6 Å². The molecule has 3 aromatic rings. The number of ether oxygens (including phenoxy) is 2. The summed E-state index contributed by atoms with van der Waals surface area (Å²) in [7, 11) is 1.59. The van der Waals surface area contributed by atoms with Crippen LogP contribution in [0, 0.1) is 34.7 Å². The molecule has 2 aliphatic heterocycles. The fourth-order valence-electron chi connectivity index (χ4n) is 6.38. The van der Waals surface area contributed by atoms with Crippen molar-refractivity contribution in [1.82, 2.24) is 14.8 Å². The normalized spacial score (nSPS) is 17.9. The molecule has 45 heavy (non-hydrogen) atoms. The van der Waals surface area contributed by atoms with E-state index < -0.39 is 34.9 Å². The topological polar surface area (TPSA) is 95.4 Å². The maximum Gasteiger partial charge on any atom is 0.303 e. The predicted octanol–water partition coefficient (Wildman–Crippen LogP) is 4.92. The molecule has 11 heteroatoms. The Morgan fingerprint density at radius 1 is 1.11 bits per heavy atom. The van der Waals surface area contributed by atoms with Crippen LogP contribution in [0.3, 0.4) is 0 Å². The lowest BCUT2D eigenvalue weighted by Gasteiger charge is -2.41. The number of fused-ring (bicyclic) bond motifs is 1. The van der Waals surface area contributed by atoms with Gasteiger partial charge >= 0.3 is 5.97 Å². The van der Waals surface area contributed by atoms with Crippen LogP contribution in [-0.4, -0.2) is 84.0 Å². The second kappa shape index (κ2) is 14.6. The first kappa shape index (κ1) is 32.7. The van der Waals surface area contributed by atoms with Crippen LogP contribution >= 0.6 is 0 Å². The van der Waals surface area contributed by atoms with Crippen molar-refractivity contribution in [1.29, 1.82) is 0 Å². The van der Waals surface area contributed by atoms with Crippen molar-refractivity contribution in [3.63, 3.8) is 0 Å². The molecule has 2 N–H and O–H groups in total. The molecule has 0 spiro atoms. The van der Waals surface area contributed by atoms with Gasteiger partial charge in [-0.15, -0.1) is 0 Å². The highest BCUT2D eigenvalue weighted by molar-refractivity contribution is 5.85. The number of rotatable bonds is 10. The Labute approximate surface area is 260 Å². The van der Waals surface area contributed by atoms with Gasteiger partial charge in [-0.2, -0.15) is 0 Å². The highest BCUT2D eigenvalue weighted by Crippen LogP contribution is 2.42. The smallest absolute Gasteiger partial charge is 0.303 e. The van der Waals surface area contributed by atoms with Gasteiger partial charge in [0.2, 0.25) is 0 Å². The standard InChI is InChI=1S/C34H38F3N3O5/c1-44-26-4-5-29-27(19-26)32(24(21-38-29)22-40-13-15-45-16-14-40)30(41)6-7-34(20-31(42)43)8-11-39(12-9-34)10-2-3-23-17-25(35)18-28(36)33(23)37/h4-5,17-19,21,30,41H,6-16,20,22H2,1H3,(H,42,43)/t30-/m0/s1. The molecule has 0 bridgehead atoms. The first-order valence-corrected chi connectivity index (χ1v) is 15.2. The minimum Gasteiger partial charge on any atom is -0.497 e. The Morgan fingerprint density at radius 3 is 2.58 bits per heavy atom. The molecule has 8 nitrogen and oxygen atoms in total. The zero-order valence-electron chi connectivity index (χ0n) is 25.3. The lowest BCUT2D eigenvalue weighted by atomic mass is 9.71. The molecule has 0 unspecified atom stereocenters. The number of carboxylic acid groups (broad SMARTS) is 1. The minimum atomic E-state index is -1.29. The third kappa shape index (κ3) is 8.13. The van der Waals surface area contributed by atoms with E-state index in [2.05, 4.69) is 21.7 Å². The number of morpholine rings is 1. The summed E-state index contributed by atoms with van der Waals surface area (Å²) in [5, 5.41) is 22.4. The zero-order valence-corrected chi connectivity index (χ0v) is 25.3. The van der Waals surface area contributed by atoms with Crippen LogP contribution in [0.1, 0.15) is 54.9 Å². The summed E-state index contributed by atoms with van der Waals surface area (Å²) in [6.07, 6.45) is 2.94. The van der Waals surface area contributed by atoms with Crippen LogP contribution < -0.4 is 4.74 Å². The van der Waals surface area contributed by atoms with E-state index in [1.807, 2.05) is 29.3 Å². The number of hydrogen-bond donors (Lipinski definition) is 2. The van der Waals surface area contributed by atoms with E-state index in [1.54, 1.807) is 7.11 Å². The number of carboxylic acids is 1. The number of aromatic nitrogens is 1. The van der Waals surface area contributed by atoms with Gasteiger partial charge < -0.3 is 19.7 Å². The Bertz CT molecular complexity index is 1580. The van der Waals surface area contributed by atoms with E-state index in [9.17, 15) is 28.2 Å². The van der Waals surface area contributed by atoms with Crippen molar-refractivity contribution in [2.45, 2.75) is 44.8 Å². The minimum absolute atomic E-state index is 0.0292. The maximum absolute atomic E-state index is 14.0. The van der Waals surface area contributed by atoms with Crippen molar-refractivity contribution in [3.05, 3.63) is 70.7 Å². The molecular formula is C34H38F3N3O5. The van der Waals surface area contributed by atoms with Gasteiger partial charge in [-0.25, -0.2) is 13.2 Å². The van der Waals surface area contributed by atoms with Crippen molar-refractivity contribution < 1.29 is 37.7 Å². The summed E-state index contributed by atoms with van der Waals surface area (Å²) in [6, 6.07) is 6.93.